The van der Waals surface area contributed by atoms with E-state index in [0.717, 1.165) is 24.2 Å². The molecule has 1 N–H and O–H groups in total. The second-order valence-electron chi connectivity index (χ2n) is 8.12. The van der Waals surface area contributed by atoms with Gasteiger partial charge < -0.3 is 14.8 Å². The molecule has 0 radical (unpaired) electrons. The van der Waals surface area contributed by atoms with Crippen LogP contribution in [0.15, 0.2) is 54.6 Å². The van der Waals surface area contributed by atoms with Crippen molar-refractivity contribution in [3.8, 4) is 11.5 Å². The quantitative estimate of drug-likeness (QED) is 0.561. The summed E-state index contributed by atoms with van der Waals surface area (Å²) in [5.74, 6) is 0.327. The van der Waals surface area contributed by atoms with Gasteiger partial charge in [0.25, 0.3) is 5.91 Å². The van der Waals surface area contributed by atoms with Crippen molar-refractivity contribution in [1.82, 2.24) is 10.2 Å². The number of nitrogens with zero attached hydrogens (tertiary/aromatic N) is 1. The molecule has 162 valence electrons. The molecule has 3 amide bonds. The average Bonchev–Trinajstić information content (AvgIpc) is 3.01. The number of carbonyl (C=O) groups excluding carboxylic acids is 3. The fraction of sp³-hybridized carbons (Fsp3) is 0.375. The molecule has 4 rings (SSSR count). The molecular formula is C24H26N2O5. The number of imide groups is 1. The van der Waals surface area contributed by atoms with Crippen molar-refractivity contribution < 1.29 is 23.9 Å². The van der Waals surface area contributed by atoms with Crippen molar-refractivity contribution in [1.29, 1.82) is 0 Å². The van der Waals surface area contributed by atoms with Crippen molar-refractivity contribution in [3.05, 3.63) is 60.2 Å². The number of rotatable bonds is 6. The van der Waals surface area contributed by atoms with Crippen LogP contribution < -0.4 is 10.1 Å². The molecule has 1 aliphatic carbocycles. The standard InChI is InChI=1S/C24H26N2O5/c1-17-9-7-8-14-24(17)22(28)26(23(29)25-24)15-21(27)30-16-18-10-5-6-13-20(18)31-19-11-3-2-4-12-19/h2-6,10-13,17H,7-9,14-16H2,1H3,(H,25,29)/t17-,24+/m0/s1. The van der Waals surface area contributed by atoms with Gasteiger partial charge in [-0.15, -0.1) is 0 Å². The summed E-state index contributed by atoms with van der Waals surface area (Å²) in [5.41, 5.74) is -0.194. The molecule has 2 fully saturated rings. The summed E-state index contributed by atoms with van der Waals surface area (Å²) in [6.45, 7) is 1.55. The van der Waals surface area contributed by atoms with Gasteiger partial charge in [-0.1, -0.05) is 56.2 Å². The van der Waals surface area contributed by atoms with Gasteiger partial charge in [-0.05, 0) is 37.0 Å². The second kappa shape index (κ2) is 8.79. The van der Waals surface area contributed by atoms with Crippen LogP contribution in [0.1, 0.15) is 38.2 Å². The molecule has 1 saturated carbocycles. The highest BCUT2D eigenvalue weighted by Crippen LogP contribution is 2.38. The Balaban J connectivity index is 1.38. The molecule has 2 aromatic carbocycles. The van der Waals surface area contributed by atoms with Crippen LogP contribution in [-0.2, 0) is 20.9 Å². The van der Waals surface area contributed by atoms with Gasteiger partial charge >= 0.3 is 12.0 Å². The maximum absolute atomic E-state index is 13.0. The van der Waals surface area contributed by atoms with Gasteiger partial charge in [-0.2, -0.15) is 0 Å². The number of nitrogens with one attached hydrogen (secondary N) is 1. The van der Waals surface area contributed by atoms with E-state index in [1.807, 2.05) is 49.4 Å². The monoisotopic (exact) mass is 422 g/mol. The van der Waals surface area contributed by atoms with Crippen molar-refractivity contribution in [2.24, 2.45) is 5.92 Å². The fourth-order valence-corrected chi connectivity index (χ4v) is 4.31. The number of ether oxygens (including phenoxy) is 2. The largest absolute Gasteiger partial charge is 0.459 e. The molecule has 7 heteroatoms. The lowest BCUT2D eigenvalue weighted by molar-refractivity contribution is -0.149. The van der Waals surface area contributed by atoms with E-state index in [-0.39, 0.29) is 18.4 Å². The number of benzene rings is 2. The Kier molecular flexibility index (Phi) is 5.93. The topological polar surface area (TPSA) is 84.9 Å². The van der Waals surface area contributed by atoms with Crippen LogP contribution >= 0.6 is 0 Å². The first-order valence-electron chi connectivity index (χ1n) is 10.6. The van der Waals surface area contributed by atoms with Crippen molar-refractivity contribution in [2.45, 2.75) is 44.8 Å². The molecule has 0 unspecified atom stereocenters. The van der Waals surface area contributed by atoms with E-state index in [4.69, 9.17) is 9.47 Å². The molecule has 1 aliphatic heterocycles. The summed E-state index contributed by atoms with van der Waals surface area (Å²) < 4.78 is 11.3. The maximum atomic E-state index is 13.0. The van der Waals surface area contributed by atoms with Crippen LogP contribution in [0.3, 0.4) is 0 Å². The predicted molar refractivity (Wildman–Crippen MR) is 113 cm³/mol. The highest BCUT2D eigenvalue weighted by Gasteiger charge is 2.55. The Labute approximate surface area is 181 Å². The first-order valence-corrected chi connectivity index (χ1v) is 10.6. The van der Waals surface area contributed by atoms with Crippen molar-refractivity contribution >= 4 is 17.9 Å². The van der Waals surface area contributed by atoms with Gasteiger partial charge in [-0.25, -0.2) is 4.79 Å². The summed E-state index contributed by atoms with van der Waals surface area (Å²) in [4.78, 5) is 38.9. The van der Waals surface area contributed by atoms with E-state index in [0.29, 0.717) is 23.5 Å². The number of amides is 3. The maximum Gasteiger partial charge on any atom is 0.326 e. The van der Waals surface area contributed by atoms with Crippen LogP contribution in [0.4, 0.5) is 4.79 Å². The zero-order valence-corrected chi connectivity index (χ0v) is 17.5. The SMILES string of the molecule is C[C@H]1CCCC[C@@]12NC(=O)N(CC(=O)OCc1ccccc1Oc1ccccc1)C2=O. The third-order valence-electron chi connectivity index (χ3n) is 6.12. The van der Waals surface area contributed by atoms with Gasteiger partial charge in [0.1, 0.15) is 30.2 Å². The van der Waals surface area contributed by atoms with Crippen LogP contribution in [0, 0.1) is 5.92 Å². The Hall–Kier alpha value is -3.35. The smallest absolute Gasteiger partial charge is 0.326 e. The summed E-state index contributed by atoms with van der Waals surface area (Å²) >= 11 is 0. The molecule has 31 heavy (non-hydrogen) atoms. The van der Waals surface area contributed by atoms with E-state index in [2.05, 4.69) is 5.32 Å². The normalized spacial score (nSPS) is 23.0. The number of hydrogen-bond acceptors (Lipinski definition) is 5. The van der Waals surface area contributed by atoms with E-state index < -0.39 is 24.1 Å². The molecule has 1 spiro atoms. The molecule has 0 aromatic heterocycles. The first kappa shape index (κ1) is 20.9. The Bertz CT molecular complexity index is 977. The first-order chi connectivity index (χ1) is 15.0. The molecule has 0 bridgehead atoms. The highest BCUT2D eigenvalue weighted by molar-refractivity contribution is 6.08. The molecule has 1 saturated heterocycles. The minimum atomic E-state index is -0.883. The molecule has 2 aliphatic rings. The van der Waals surface area contributed by atoms with Gasteiger partial charge in [-0.3, -0.25) is 14.5 Å². The summed E-state index contributed by atoms with van der Waals surface area (Å²) in [6, 6.07) is 16.0. The van der Waals surface area contributed by atoms with E-state index >= 15 is 0 Å². The van der Waals surface area contributed by atoms with Crippen LogP contribution in [0.2, 0.25) is 0 Å². The van der Waals surface area contributed by atoms with Gasteiger partial charge in [0.2, 0.25) is 0 Å². The van der Waals surface area contributed by atoms with Crippen LogP contribution in [-0.4, -0.2) is 34.9 Å². The molecule has 2 aromatic rings. The summed E-state index contributed by atoms with van der Waals surface area (Å²) in [5, 5.41) is 2.84. The minimum absolute atomic E-state index is 0.0208. The number of para-hydroxylation sites is 2. The molecule has 1 heterocycles. The second-order valence-corrected chi connectivity index (χ2v) is 8.12. The van der Waals surface area contributed by atoms with Gasteiger partial charge in [0, 0.05) is 5.56 Å². The Morgan fingerprint density at radius 2 is 1.84 bits per heavy atom. The summed E-state index contributed by atoms with van der Waals surface area (Å²) in [6.07, 6.45) is 3.41. The zero-order chi connectivity index (χ0) is 21.8. The average molecular weight is 422 g/mol. The third-order valence-corrected chi connectivity index (χ3v) is 6.12. The molecule has 7 nitrogen and oxygen atoms in total. The molecule has 2 atom stereocenters. The van der Waals surface area contributed by atoms with Crippen molar-refractivity contribution in [3.63, 3.8) is 0 Å². The lowest BCUT2D eigenvalue weighted by Gasteiger charge is -2.36. The Morgan fingerprint density at radius 3 is 2.61 bits per heavy atom. The number of urea groups is 1. The van der Waals surface area contributed by atoms with Gasteiger partial charge in [0.05, 0.1) is 0 Å². The molecular weight excluding hydrogens is 396 g/mol. The lowest BCUT2D eigenvalue weighted by atomic mass is 9.73. The Morgan fingerprint density at radius 1 is 1.10 bits per heavy atom. The van der Waals surface area contributed by atoms with E-state index in [1.54, 1.807) is 12.1 Å². The van der Waals surface area contributed by atoms with Crippen LogP contribution in [0.5, 0.6) is 11.5 Å². The number of carbonyl (C=O) groups is 3. The van der Waals surface area contributed by atoms with E-state index in [9.17, 15) is 14.4 Å². The van der Waals surface area contributed by atoms with E-state index in [1.165, 1.54) is 0 Å². The minimum Gasteiger partial charge on any atom is -0.459 e. The third kappa shape index (κ3) is 4.26. The lowest BCUT2D eigenvalue weighted by Crippen LogP contribution is -2.54. The van der Waals surface area contributed by atoms with Crippen LogP contribution in [0.25, 0.3) is 0 Å². The zero-order valence-electron chi connectivity index (χ0n) is 17.5. The highest BCUT2D eigenvalue weighted by atomic mass is 16.5. The summed E-state index contributed by atoms with van der Waals surface area (Å²) in [7, 11) is 0. The number of hydrogen-bond donors (Lipinski definition) is 1. The predicted octanol–water partition coefficient (Wildman–Crippen LogP) is 4.02. The number of esters is 1. The fourth-order valence-electron chi connectivity index (χ4n) is 4.31. The van der Waals surface area contributed by atoms with Gasteiger partial charge in [0.15, 0.2) is 0 Å². The van der Waals surface area contributed by atoms with Crippen molar-refractivity contribution in [2.75, 3.05) is 6.54 Å².